The van der Waals surface area contributed by atoms with Crippen molar-refractivity contribution in [2.45, 2.75) is 24.9 Å². The van der Waals surface area contributed by atoms with E-state index in [4.69, 9.17) is 4.52 Å². The van der Waals surface area contributed by atoms with Gasteiger partial charge in [-0.3, -0.25) is 4.79 Å². The summed E-state index contributed by atoms with van der Waals surface area (Å²) >= 11 is 0. The van der Waals surface area contributed by atoms with Crippen LogP contribution in [0.25, 0.3) is 11.0 Å². The minimum Gasteiger partial charge on any atom is -0.355 e. The monoisotopic (exact) mass is 257 g/mol. The van der Waals surface area contributed by atoms with Crippen LogP contribution in [0, 0.1) is 5.92 Å². The molecule has 1 aromatic carbocycles. The lowest BCUT2D eigenvalue weighted by Gasteiger charge is -2.13. The fraction of sp³-hybridized carbons (Fsp3) is 0.429. The summed E-state index contributed by atoms with van der Waals surface area (Å²) in [5.74, 6) is 0.683. The third-order valence-corrected chi connectivity index (χ3v) is 4.06. The quantitative estimate of drug-likeness (QED) is 0.870. The Morgan fingerprint density at radius 3 is 3.16 bits per heavy atom. The van der Waals surface area contributed by atoms with Crippen LogP contribution in [0.3, 0.4) is 0 Å². The Labute approximate surface area is 110 Å². The number of piperidine rings is 1. The van der Waals surface area contributed by atoms with Gasteiger partial charge < -0.3 is 15.2 Å². The largest absolute Gasteiger partial charge is 0.355 e. The van der Waals surface area contributed by atoms with Crippen LogP contribution in [0.1, 0.15) is 23.3 Å². The number of rotatable bonds is 3. The second kappa shape index (κ2) is 4.06. The topological polar surface area (TPSA) is 67.2 Å². The molecule has 4 rings (SSSR count). The molecule has 2 heterocycles. The van der Waals surface area contributed by atoms with Gasteiger partial charge in [-0.15, -0.1) is 0 Å². The summed E-state index contributed by atoms with van der Waals surface area (Å²) in [7, 11) is 0. The summed E-state index contributed by atoms with van der Waals surface area (Å²) in [6, 6.07) is 8.52. The second-order valence-corrected chi connectivity index (χ2v) is 5.44. The Morgan fingerprint density at radius 1 is 1.42 bits per heavy atom. The van der Waals surface area contributed by atoms with E-state index in [1.54, 1.807) is 0 Å². The maximum Gasteiger partial charge on any atom is 0.274 e. The number of para-hydroxylation sites is 1. The molecular formula is C14H15N3O2. The highest BCUT2D eigenvalue weighted by molar-refractivity contribution is 6.03. The Hall–Kier alpha value is -1.88. The molecule has 1 aliphatic carbocycles. The first-order chi connectivity index (χ1) is 9.31. The highest BCUT2D eigenvalue weighted by Gasteiger charge is 2.45. The van der Waals surface area contributed by atoms with Crippen molar-refractivity contribution in [1.82, 2.24) is 15.8 Å². The van der Waals surface area contributed by atoms with Gasteiger partial charge >= 0.3 is 0 Å². The van der Waals surface area contributed by atoms with Crippen molar-refractivity contribution >= 4 is 16.9 Å². The second-order valence-electron chi connectivity index (χ2n) is 5.44. The average molecular weight is 257 g/mol. The van der Waals surface area contributed by atoms with Gasteiger partial charge in [0.1, 0.15) is 0 Å². The van der Waals surface area contributed by atoms with Crippen molar-refractivity contribution in [3.63, 3.8) is 0 Å². The minimum atomic E-state index is -0.160. The molecule has 98 valence electrons. The molecule has 2 aliphatic rings. The number of nitrogens with zero attached hydrogens (tertiary/aromatic N) is 1. The summed E-state index contributed by atoms with van der Waals surface area (Å²) in [6.45, 7) is 0.660. The lowest BCUT2D eigenvalue weighted by molar-refractivity contribution is 0.0942. The van der Waals surface area contributed by atoms with Crippen LogP contribution in [0.4, 0.5) is 0 Å². The number of nitrogens with one attached hydrogen (secondary N) is 2. The van der Waals surface area contributed by atoms with E-state index in [0.29, 0.717) is 29.9 Å². The molecule has 1 saturated carbocycles. The molecule has 2 fully saturated rings. The molecule has 0 bridgehead atoms. The van der Waals surface area contributed by atoms with E-state index >= 15 is 0 Å². The number of hydrogen-bond donors (Lipinski definition) is 2. The van der Waals surface area contributed by atoms with Crippen LogP contribution < -0.4 is 10.6 Å². The van der Waals surface area contributed by atoms with Crippen molar-refractivity contribution in [3.05, 3.63) is 30.0 Å². The van der Waals surface area contributed by atoms with Gasteiger partial charge in [0.05, 0.1) is 5.39 Å². The van der Waals surface area contributed by atoms with E-state index in [0.717, 1.165) is 11.3 Å². The van der Waals surface area contributed by atoms with Gasteiger partial charge in [-0.1, -0.05) is 17.3 Å². The fourth-order valence-corrected chi connectivity index (χ4v) is 2.94. The Bertz CT molecular complexity index is 626. The van der Waals surface area contributed by atoms with Crippen molar-refractivity contribution in [2.75, 3.05) is 6.54 Å². The zero-order valence-electron chi connectivity index (χ0n) is 10.4. The third kappa shape index (κ3) is 1.90. The summed E-state index contributed by atoms with van der Waals surface area (Å²) in [6.07, 6.45) is 2.48. The number of amides is 1. The standard InChI is InChI=1S/C14H15N3O2/c18-14(15-7-9-5-8-6-11(8)16-9)13-10-3-1-2-4-12(10)19-17-13/h1-4,8-9,11,16H,5-7H2,(H,15,18)/t8-,9+,11+/m1/s1. The van der Waals surface area contributed by atoms with Gasteiger partial charge in [0.2, 0.25) is 0 Å². The molecule has 5 nitrogen and oxygen atoms in total. The maximum absolute atomic E-state index is 12.1. The Balaban J connectivity index is 1.45. The lowest BCUT2D eigenvalue weighted by atomic mass is 10.1. The number of benzene rings is 1. The first-order valence-corrected chi connectivity index (χ1v) is 6.70. The minimum absolute atomic E-state index is 0.160. The Morgan fingerprint density at radius 2 is 2.32 bits per heavy atom. The third-order valence-electron chi connectivity index (χ3n) is 4.06. The number of hydrogen-bond acceptors (Lipinski definition) is 4. The van der Waals surface area contributed by atoms with Crippen LogP contribution >= 0.6 is 0 Å². The predicted octanol–water partition coefficient (Wildman–Crippen LogP) is 1.31. The smallest absolute Gasteiger partial charge is 0.274 e. The molecule has 0 radical (unpaired) electrons. The molecule has 19 heavy (non-hydrogen) atoms. The van der Waals surface area contributed by atoms with Gasteiger partial charge in [0, 0.05) is 18.6 Å². The van der Waals surface area contributed by atoms with Crippen LogP contribution in [0.15, 0.2) is 28.8 Å². The highest BCUT2D eigenvalue weighted by atomic mass is 16.5. The molecule has 2 N–H and O–H groups in total. The summed E-state index contributed by atoms with van der Waals surface area (Å²) in [5, 5.41) is 11.1. The van der Waals surface area contributed by atoms with Gasteiger partial charge in [-0.2, -0.15) is 0 Å². The molecule has 1 amide bonds. The first-order valence-electron chi connectivity index (χ1n) is 6.70. The molecule has 0 spiro atoms. The van der Waals surface area contributed by atoms with Crippen LogP contribution in [-0.2, 0) is 0 Å². The van der Waals surface area contributed by atoms with Crippen molar-refractivity contribution in [3.8, 4) is 0 Å². The summed E-state index contributed by atoms with van der Waals surface area (Å²) < 4.78 is 5.14. The number of carbonyl (C=O) groups is 1. The maximum atomic E-state index is 12.1. The molecule has 0 unspecified atom stereocenters. The highest BCUT2D eigenvalue weighted by Crippen LogP contribution is 2.40. The zero-order chi connectivity index (χ0) is 12.8. The number of aromatic nitrogens is 1. The van der Waals surface area contributed by atoms with Gasteiger partial charge in [-0.25, -0.2) is 0 Å². The first kappa shape index (κ1) is 11.0. The van der Waals surface area contributed by atoms with Crippen molar-refractivity contribution in [2.24, 2.45) is 5.92 Å². The Kier molecular flexibility index (Phi) is 2.35. The molecule has 1 aromatic heterocycles. The summed E-state index contributed by atoms with van der Waals surface area (Å²) in [4.78, 5) is 12.1. The van der Waals surface area contributed by atoms with Gasteiger partial charge in [0.25, 0.3) is 5.91 Å². The van der Waals surface area contributed by atoms with Crippen LogP contribution in [0.2, 0.25) is 0 Å². The van der Waals surface area contributed by atoms with E-state index < -0.39 is 0 Å². The SMILES string of the molecule is O=C(NC[C@@H]1C[C@@H]2C[C@@H]2N1)c1noc2ccccc12. The number of fused-ring (bicyclic) bond motifs is 2. The molecule has 1 aliphatic heterocycles. The van der Waals surface area contributed by atoms with E-state index in [1.807, 2.05) is 24.3 Å². The van der Waals surface area contributed by atoms with Crippen LogP contribution in [-0.4, -0.2) is 29.7 Å². The molecule has 2 aromatic rings. The lowest BCUT2D eigenvalue weighted by Crippen LogP contribution is -2.39. The van der Waals surface area contributed by atoms with Gasteiger partial charge in [-0.05, 0) is 30.9 Å². The van der Waals surface area contributed by atoms with Crippen molar-refractivity contribution in [1.29, 1.82) is 0 Å². The summed E-state index contributed by atoms with van der Waals surface area (Å²) in [5.41, 5.74) is 1.02. The van der Waals surface area contributed by atoms with E-state index in [1.165, 1.54) is 12.8 Å². The zero-order valence-corrected chi connectivity index (χ0v) is 10.4. The van der Waals surface area contributed by atoms with E-state index in [9.17, 15) is 4.79 Å². The van der Waals surface area contributed by atoms with E-state index in [-0.39, 0.29) is 5.91 Å². The molecule has 1 saturated heterocycles. The van der Waals surface area contributed by atoms with Crippen molar-refractivity contribution < 1.29 is 9.32 Å². The van der Waals surface area contributed by atoms with Crippen LogP contribution in [0.5, 0.6) is 0 Å². The predicted molar refractivity (Wildman–Crippen MR) is 69.8 cm³/mol. The fourth-order valence-electron chi connectivity index (χ4n) is 2.94. The number of carbonyl (C=O) groups excluding carboxylic acids is 1. The van der Waals surface area contributed by atoms with Gasteiger partial charge in [0.15, 0.2) is 11.3 Å². The molecular weight excluding hydrogens is 242 g/mol. The average Bonchev–Trinajstić information content (AvgIpc) is 2.89. The normalized spacial score (nSPS) is 28.3. The van der Waals surface area contributed by atoms with E-state index in [2.05, 4.69) is 15.8 Å². The molecule has 5 heteroatoms. The molecule has 3 atom stereocenters.